The number of hydrogen-bond acceptors (Lipinski definition) is 10. The molecule has 1 fully saturated rings. The van der Waals surface area contributed by atoms with Gasteiger partial charge in [0, 0.05) is 0 Å². The van der Waals surface area contributed by atoms with Crippen LogP contribution in [-0.2, 0) is 14.3 Å². The van der Waals surface area contributed by atoms with Crippen molar-refractivity contribution in [1.29, 1.82) is 0 Å². The number of esters is 1. The monoisotopic (exact) mass is 357 g/mol. The summed E-state index contributed by atoms with van der Waals surface area (Å²) in [6.07, 6.45) is -3.34. The third kappa shape index (κ3) is 4.12. The van der Waals surface area contributed by atoms with Crippen LogP contribution in [0, 0.1) is 5.92 Å². The molecule has 2 rings (SSSR count). The summed E-state index contributed by atoms with van der Waals surface area (Å²) < 4.78 is 11.2. The summed E-state index contributed by atoms with van der Waals surface area (Å²) in [6.45, 7) is 3.39. The summed E-state index contributed by atoms with van der Waals surface area (Å²) in [7, 11) is 0. The number of rotatable bonds is 6. The lowest BCUT2D eigenvalue weighted by Crippen LogP contribution is -2.41. The number of nitrogens with zero attached hydrogens (tertiary/aromatic N) is 3. The second-order valence-electron chi connectivity index (χ2n) is 6.00. The van der Waals surface area contributed by atoms with Crippen LogP contribution in [0.2, 0.25) is 0 Å². The van der Waals surface area contributed by atoms with E-state index in [0.29, 0.717) is 6.42 Å². The Morgan fingerprint density at radius 3 is 2.76 bits per heavy atom. The molecule has 0 radical (unpaired) electrons. The van der Waals surface area contributed by atoms with Gasteiger partial charge in [0.25, 0.3) is 0 Å². The SMILES string of the molecule is CC[C@H](C)[C@H](N)C(=O)OCC1OC(n2ncc(N)nc2=O)C(O)C1O. The Balaban J connectivity index is 2.02. The number of ether oxygens (including phenoxy) is 2. The van der Waals surface area contributed by atoms with E-state index in [1.807, 2.05) is 13.8 Å². The van der Waals surface area contributed by atoms with Crippen LogP contribution in [0.15, 0.2) is 11.0 Å². The molecule has 6 N–H and O–H groups in total. The summed E-state index contributed by atoms with van der Waals surface area (Å²) >= 11 is 0. The van der Waals surface area contributed by atoms with Gasteiger partial charge < -0.3 is 31.2 Å². The summed E-state index contributed by atoms with van der Waals surface area (Å²) in [5, 5.41) is 23.9. The predicted molar refractivity (Wildman–Crippen MR) is 85.0 cm³/mol. The summed E-state index contributed by atoms with van der Waals surface area (Å²) in [5.74, 6) is -0.782. The van der Waals surface area contributed by atoms with Crippen LogP contribution in [-0.4, -0.2) is 61.9 Å². The maximum Gasteiger partial charge on any atom is 0.368 e. The molecule has 2 heterocycles. The van der Waals surface area contributed by atoms with Crippen molar-refractivity contribution < 1.29 is 24.5 Å². The average molecular weight is 357 g/mol. The summed E-state index contributed by atoms with van der Waals surface area (Å²) in [4.78, 5) is 27.2. The molecule has 0 aromatic carbocycles. The molecule has 4 unspecified atom stereocenters. The zero-order valence-electron chi connectivity index (χ0n) is 14.0. The quantitative estimate of drug-likeness (QED) is 0.407. The van der Waals surface area contributed by atoms with Gasteiger partial charge in [-0.15, -0.1) is 0 Å². The molecule has 0 amide bonds. The molecule has 1 aromatic heterocycles. The van der Waals surface area contributed by atoms with Crippen molar-refractivity contribution in [3.05, 3.63) is 16.7 Å². The topological polar surface area (TPSA) is 176 Å². The first kappa shape index (κ1) is 19.2. The first-order valence-electron chi connectivity index (χ1n) is 7.91. The summed E-state index contributed by atoms with van der Waals surface area (Å²) in [5.41, 5.74) is 10.3. The van der Waals surface area contributed by atoms with Gasteiger partial charge in [0.05, 0.1) is 6.20 Å². The maximum atomic E-state index is 11.9. The average Bonchev–Trinajstić information content (AvgIpc) is 2.86. The normalized spacial score (nSPS) is 28.5. The fourth-order valence-corrected chi connectivity index (χ4v) is 2.35. The molecule has 0 spiro atoms. The zero-order chi connectivity index (χ0) is 18.7. The van der Waals surface area contributed by atoms with Crippen molar-refractivity contribution in [2.75, 3.05) is 12.3 Å². The number of nitrogens with two attached hydrogens (primary N) is 2. The van der Waals surface area contributed by atoms with Crippen LogP contribution in [0.4, 0.5) is 5.82 Å². The minimum absolute atomic E-state index is 0.0658. The van der Waals surface area contributed by atoms with Gasteiger partial charge in [0.15, 0.2) is 6.23 Å². The maximum absolute atomic E-state index is 11.9. The summed E-state index contributed by atoms with van der Waals surface area (Å²) in [6, 6.07) is -0.796. The van der Waals surface area contributed by atoms with Crippen LogP contribution in [0.3, 0.4) is 0 Å². The van der Waals surface area contributed by atoms with Gasteiger partial charge >= 0.3 is 11.7 Å². The van der Waals surface area contributed by atoms with E-state index in [1.54, 1.807) is 0 Å². The van der Waals surface area contributed by atoms with Gasteiger partial charge in [-0.3, -0.25) is 4.79 Å². The lowest BCUT2D eigenvalue weighted by atomic mass is 10.0. The molecule has 0 bridgehead atoms. The largest absolute Gasteiger partial charge is 0.462 e. The number of anilines is 1. The van der Waals surface area contributed by atoms with E-state index in [-0.39, 0.29) is 18.3 Å². The standard InChI is InChI=1S/C14H23N5O6/c1-3-6(2)9(16)13(22)24-5-7-10(20)11(21)12(25-7)19-14(23)18-8(15)4-17-19/h4,6-7,9-12,20-21H,3,5,16H2,1-2H3,(H2,15,18,23)/t6-,7?,9-,10?,11?,12?/m0/s1. The molecule has 25 heavy (non-hydrogen) atoms. The van der Waals surface area contributed by atoms with Crippen LogP contribution < -0.4 is 17.2 Å². The third-order valence-corrected chi connectivity index (χ3v) is 4.23. The minimum atomic E-state index is -1.46. The third-order valence-electron chi connectivity index (χ3n) is 4.23. The van der Waals surface area contributed by atoms with Crippen molar-refractivity contribution in [3.63, 3.8) is 0 Å². The van der Waals surface area contributed by atoms with E-state index in [4.69, 9.17) is 20.9 Å². The molecular formula is C14H23N5O6. The molecule has 11 heteroatoms. The van der Waals surface area contributed by atoms with Crippen molar-refractivity contribution in [3.8, 4) is 0 Å². The molecule has 0 aliphatic carbocycles. The molecule has 1 aromatic rings. The van der Waals surface area contributed by atoms with Gasteiger partial charge in [-0.25, -0.2) is 4.79 Å². The van der Waals surface area contributed by atoms with E-state index >= 15 is 0 Å². The number of aliphatic hydroxyl groups is 2. The van der Waals surface area contributed by atoms with E-state index in [1.165, 1.54) is 0 Å². The number of hydrogen-bond donors (Lipinski definition) is 4. The molecule has 1 saturated heterocycles. The fraction of sp³-hybridized carbons (Fsp3) is 0.714. The zero-order valence-corrected chi connectivity index (χ0v) is 14.0. The number of aromatic nitrogens is 3. The number of aliphatic hydroxyl groups excluding tert-OH is 2. The Hall–Kier alpha value is -2.08. The van der Waals surface area contributed by atoms with Gasteiger partial charge in [-0.1, -0.05) is 20.3 Å². The predicted octanol–water partition coefficient (Wildman–Crippen LogP) is -2.24. The van der Waals surface area contributed by atoms with Crippen LogP contribution in [0.25, 0.3) is 0 Å². The van der Waals surface area contributed by atoms with E-state index in [2.05, 4.69) is 10.1 Å². The molecule has 1 aliphatic heterocycles. The second-order valence-corrected chi connectivity index (χ2v) is 6.00. The van der Waals surface area contributed by atoms with Crippen molar-refractivity contribution in [2.24, 2.45) is 11.7 Å². The van der Waals surface area contributed by atoms with Crippen molar-refractivity contribution in [1.82, 2.24) is 14.8 Å². The molecule has 140 valence electrons. The Morgan fingerprint density at radius 1 is 1.48 bits per heavy atom. The highest BCUT2D eigenvalue weighted by Gasteiger charge is 2.45. The van der Waals surface area contributed by atoms with Crippen LogP contribution >= 0.6 is 0 Å². The number of carbonyl (C=O) groups excluding carboxylic acids is 1. The second kappa shape index (κ2) is 7.87. The van der Waals surface area contributed by atoms with Crippen molar-refractivity contribution >= 4 is 11.8 Å². The highest BCUT2D eigenvalue weighted by atomic mass is 16.6. The molecule has 1 aliphatic rings. The van der Waals surface area contributed by atoms with Crippen molar-refractivity contribution in [2.45, 2.75) is 50.8 Å². The van der Waals surface area contributed by atoms with Gasteiger partial charge in [-0.05, 0) is 5.92 Å². The Labute approximate surface area is 143 Å². The lowest BCUT2D eigenvalue weighted by Gasteiger charge is -2.19. The fourth-order valence-electron chi connectivity index (χ4n) is 2.35. The number of nitrogen functional groups attached to an aromatic ring is 1. The smallest absolute Gasteiger partial charge is 0.368 e. The molecular weight excluding hydrogens is 334 g/mol. The van der Waals surface area contributed by atoms with E-state index in [9.17, 15) is 19.8 Å². The van der Waals surface area contributed by atoms with E-state index in [0.717, 1.165) is 10.9 Å². The van der Waals surface area contributed by atoms with Gasteiger partial charge in [-0.2, -0.15) is 14.8 Å². The molecule has 6 atom stereocenters. The number of carbonyl (C=O) groups is 1. The Morgan fingerprint density at radius 2 is 2.16 bits per heavy atom. The Kier molecular flexibility index (Phi) is 6.06. The van der Waals surface area contributed by atoms with Gasteiger partial charge in [0.1, 0.15) is 36.8 Å². The molecule has 11 nitrogen and oxygen atoms in total. The molecule has 0 saturated carbocycles. The lowest BCUT2D eigenvalue weighted by molar-refractivity contribution is -0.153. The van der Waals surface area contributed by atoms with Gasteiger partial charge in [0.2, 0.25) is 0 Å². The minimum Gasteiger partial charge on any atom is -0.462 e. The van der Waals surface area contributed by atoms with Crippen LogP contribution in [0.5, 0.6) is 0 Å². The Bertz CT molecular complexity index is 667. The highest BCUT2D eigenvalue weighted by molar-refractivity contribution is 5.75. The van der Waals surface area contributed by atoms with Crippen LogP contribution in [0.1, 0.15) is 26.5 Å². The highest BCUT2D eigenvalue weighted by Crippen LogP contribution is 2.28. The first-order chi connectivity index (χ1) is 11.8. The first-order valence-corrected chi connectivity index (χ1v) is 7.91. The van der Waals surface area contributed by atoms with E-state index < -0.39 is 42.2 Å².